The van der Waals surface area contributed by atoms with Gasteiger partial charge in [0, 0.05) is 19.1 Å². The highest BCUT2D eigenvalue weighted by Gasteiger charge is 2.01. The van der Waals surface area contributed by atoms with Gasteiger partial charge < -0.3 is 4.90 Å². The molecule has 0 N–H and O–H groups in total. The van der Waals surface area contributed by atoms with Crippen molar-refractivity contribution in [2.24, 2.45) is 0 Å². The predicted octanol–water partition coefficient (Wildman–Crippen LogP) is 3.06. The Morgan fingerprint density at radius 2 is 1.82 bits per heavy atom. The van der Waals surface area contributed by atoms with E-state index in [1.807, 2.05) is 31.1 Å². The van der Waals surface area contributed by atoms with E-state index < -0.39 is 0 Å². The first-order valence-electron chi connectivity index (χ1n) is 3.23. The summed E-state index contributed by atoms with van der Waals surface area (Å²) < 4.78 is 0. The van der Waals surface area contributed by atoms with Gasteiger partial charge in [-0.25, -0.2) is 0 Å². The molecule has 0 aliphatic heterocycles. The average Bonchev–Trinajstić information content (AvgIpc) is 1.85. The van der Waals surface area contributed by atoms with Crippen LogP contribution in [0, 0.1) is 0 Å². The molecule has 0 spiro atoms. The Bertz CT molecular complexity index is 258. The molecule has 0 aliphatic carbocycles. The summed E-state index contributed by atoms with van der Waals surface area (Å²) in [5.74, 6) is 0. The van der Waals surface area contributed by atoms with Crippen LogP contribution in [-0.2, 0) is 0 Å². The summed E-state index contributed by atoms with van der Waals surface area (Å²) in [5.41, 5.74) is 0.982. The molecule has 0 bridgehead atoms. The van der Waals surface area contributed by atoms with E-state index in [1.165, 1.54) is 0 Å². The summed E-state index contributed by atoms with van der Waals surface area (Å²) in [6.07, 6.45) is 0. The van der Waals surface area contributed by atoms with Crippen molar-refractivity contribution in [2.75, 3.05) is 19.0 Å². The van der Waals surface area contributed by atoms with Crippen LogP contribution in [0.2, 0.25) is 10.0 Å². The summed E-state index contributed by atoms with van der Waals surface area (Å²) in [5, 5.41) is 1.35. The van der Waals surface area contributed by atoms with E-state index in [1.54, 1.807) is 6.07 Å². The lowest BCUT2D eigenvalue weighted by Gasteiger charge is -2.13. The Labute approximate surface area is 76.5 Å². The second-order valence-corrected chi connectivity index (χ2v) is 3.33. The zero-order valence-electron chi connectivity index (χ0n) is 6.44. The van der Waals surface area contributed by atoms with Crippen molar-refractivity contribution in [1.82, 2.24) is 0 Å². The van der Waals surface area contributed by atoms with Gasteiger partial charge in [0.25, 0.3) is 0 Å². The van der Waals surface area contributed by atoms with E-state index in [2.05, 4.69) is 0 Å². The molecule has 0 unspecified atom stereocenters. The van der Waals surface area contributed by atoms with Crippen LogP contribution in [-0.4, -0.2) is 14.1 Å². The van der Waals surface area contributed by atoms with Crippen molar-refractivity contribution in [2.45, 2.75) is 0 Å². The van der Waals surface area contributed by atoms with Gasteiger partial charge in [0.15, 0.2) is 0 Å². The Balaban J connectivity index is 3.09. The van der Waals surface area contributed by atoms with E-state index in [0.717, 1.165) is 5.69 Å². The fraction of sp³-hybridized carbons (Fsp3) is 0.250. The van der Waals surface area contributed by atoms with Crippen molar-refractivity contribution < 1.29 is 0 Å². The maximum absolute atomic E-state index is 5.90. The first-order valence-corrected chi connectivity index (χ1v) is 3.99. The highest BCUT2D eigenvalue weighted by Crippen LogP contribution is 2.26. The van der Waals surface area contributed by atoms with Crippen LogP contribution in [0.25, 0.3) is 0 Å². The molecule has 0 heterocycles. The van der Waals surface area contributed by atoms with Gasteiger partial charge in [-0.1, -0.05) is 23.2 Å². The van der Waals surface area contributed by atoms with Gasteiger partial charge in [0.05, 0.1) is 10.7 Å². The molecule has 11 heavy (non-hydrogen) atoms. The van der Waals surface area contributed by atoms with Gasteiger partial charge in [-0.2, -0.15) is 0 Å². The predicted molar refractivity (Wildman–Crippen MR) is 50.8 cm³/mol. The highest BCUT2D eigenvalue weighted by atomic mass is 35.5. The summed E-state index contributed by atoms with van der Waals surface area (Å²) in [4.78, 5) is 1.94. The molecule has 3 heteroatoms. The van der Waals surface area contributed by atoms with Gasteiger partial charge in [-0.05, 0) is 18.2 Å². The third-order valence-corrected chi connectivity index (χ3v) is 1.93. The zero-order valence-corrected chi connectivity index (χ0v) is 7.95. The third-order valence-electron chi connectivity index (χ3n) is 1.39. The molecule has 1 aromatic carbocycles. The molecule has 0 fully saturated rings. The molecule has 0 saturated heterocycles. The molecular formula is C8H9Cl2N. The summed E-state index contributed by atoms with van der Waals surface area (Å²) >= 11 is 11.6. The molecule has 0 atom stereocenters. The number of hydrogen-bond donors (Lipinski definition) is 0. The lowest BCUT2D eigenvalue weighted by molar-refractivity contribution is 1.13. The molecular weight excluding hydrogens is 181 g/mol. The van der Waals surface area contributed by atoms with E-state index >= 15 is 0 Å². The van der Waals surface area contributed by atoms with Crippen molar-refractivity contribution in [1.29, 1.82) is 0 Å². The van der Waals surface area contributed by atoms with Crippen LogP contribution in [0.1, 0.15) is 0 Å². The molecule has 0 aromatic heterocycles. The monoisotopic (exact) mass is 189 g/mol. The summed E-state index contributed by atoms with van der Waals surface area (Å²) in [6, 6.07) is 5.45. The normalized spacial score (nSPS) is 9.82. The van der Waals surface area contributed by atoms with Crippen molar-refractivity contribution in [3.63, 3.8) is 0 Å². The molecule has 0 saturated carbocycles. The average molecular weight is 190 g/mol. The first-order chi connectivity index (χ1) is 5.11. The van der Waals surface area contributed by atoms with Crippen LogP contribution in [0.5, 0.6) is 0 Å². The van der Waals surface area contributed by atoms with Crippen molar-refractivity contribution in [3.05, 3.63) is 28.2 Å². The molecule has 60 valence electrons. The summed E-state index contributed by atoms with van der Waals surface area (Å²) in [7, 11) is 3.88. The lowest BCUT2D eigenvalue weighted by atomic mass is 10.3. The standard InChI is InChI=1S/C8H9Cl2N/c1-11(2)8-4-3-6(9)5-7(8)10/h3-5H,1-2H3. The van der Waals surface area contributed by atoms with E-state index in [4.69, 9.17) is 23.2 Å². The quantitative estimate of drug-likeness (QED) is 0.657. The maximum Gasteiger partial charge on any atom is 0.0654 e. The van der Waals surface area contributed by atoms with Crippen LogP contribution >= 0.6 is 23.2 Å². The number of hydrogen-bond acceptors (Lipinski definition) is 1. The molecule has 0 amide bonds. The number of anilines is 1. The van der Waals surface area contributed by atoms with Crippen LogP contribution in [0.4, 0.5) is 5.69 Å². The van der Waals surface area contributed by atoms with Gasteiger partial charge in [-0.3, -0.25) is 0 Å². The Morgan fingerprint density at radius 3 is 2.27 bits per heavy atom. The second kappa shape index (κ2) is 3.33. The SMILES string of the molecule is CN(C)c1ccc(Cl)cc1Cl. The third kappa shape index (κ3) is 2.01. The van der Waals surface area contributed by atoms with Crippen molar-refractivity contribution >= 4 is 28.9 Å². The molecule has 0 aliphatic rings. The molecule has 0 radical (unpaired) electrons. The Morgan fingerprint density at radius 1 is 1.18 bits per heavy atom. The Kier molecular flexibility index (Phi) is 2.63. The van der Waals surface area contributed by atoms with Crippen LogP contribution in [0.3, 0.4) is 0 Å². The van der Waals surface area contributed by atoms with Gasteiger partial charge in [-0.15, -0.1) is 0 Å². The van der Waals surface area contributed by atoms with E-state index in [9.17, 15) is 0 Å². The Hall–Kier alpha value is -0.400. The number of nitrogens with zero attached hydrogens (tertiary/aromatic N) is 1. The maximum atomic E-state index is 5.90. The lowest BCUT2D eigenvalue weighted by Crippen LogP contribution is -2.08. The minimum atomic E-state index is 0.667. The minimum Gasteiger partial charge on any atom is -0.376 e. The van der Waals surface area contributed by atoms with Gasteiger partial charge in [0.1, 0.15) is 0 Å². The number of halogens is 2. The zero-order chi connectivity index (χ0) is 8.43. The molecule has 1 nitrogen and oxygen atoms in total. The minimum absolute atomic E-state index is 0.667. The van der Waals surface area contributed by atoms with Crippen molar-refractivity contribution in [3.8, 4) is 0 Å². The highest BCUT2D eigenvalue weighted by molar-refractivity contribution is 6.36. The van der Waals surface area contributed by atoms with E-state index in [-0.39, 0.29) is 0 Å². The smallest absolute Gasteiger partial charge is 0.0654 e. The fourth-order valence-electron chi connectivity index (χ4n) is 0.844. The largest absolute Gasteiger partial charge is 0.376 e. The van der Waals surface area contributed by atoms with Crippen LogP contribution < -0.4 is 4.90 Å². The fourth-order valence-corrected chi connectivity index (χ4v) is 1.42. The number of rotatable bonds is 1. The van der Waals surface area contributed by atoms with Gasteiger partial charge in [0.2, 0.25) is 0 Å². The van der Waals surface area contributed by atoms with Gasteiger partial charge >= 0.3 is 0 Å². The van der Waals surface area contributed by atoms with E-state index in [0.29, 0.717) is 10.0 Å². The summed E-state index contributed by atoms with van der Waals surface area (Å²) in [6.45, 7) is 0. The molecule has 1 aromatic rings. The van der Waals surface area contributed by atoms with Crippen LogP contribution in [0.15, 0.2) is 18.2 Å². The topological polar surface area (TPSA) is 3.24 Å². The molecule has 1 rings (SSSR count). The first kappa shape index (κ1) is 8.69. The number of benzene rings is 1. The second-order valence-electron chi connectivity index (χ2n) is 2.49.